The van der Waals surface area contributed by atoms with Gasteiger partial charge < -0.3 is 14.8 Å². The van der Waals surface area contributed by atoms with Gasteiger partial charge in [0.1, 0.15) is 12.8 Å². The van der Waals surface area contributed by atoms with E-state index in [1.807, 2.05) is 31.2 Å². The second-order valence-electron chi connectivity index (χ2n) is 5.92. The number of rotatable bonds is 4. The maximum absolute atomic E-state index is 12.7. The number of aliphatic hydroxyl groups excluding tert-OH is 1. The topological polar surface area (TPSA) is 87.9 Å². The Morgan fingerprint density at radius 3 is 2.80 bits per heavy atom. The van der Waals surface area contributed by atoms with Crippen LogP contribution < -0.4 is 0 Å². The number of carbonyl (C=O) groups is 1. The first-order valence-electron chi connectivity index (χ1n) is 8.02. The van der Waals surface area contributed by atoms with E-state index < -0.39 is 0 Å². The third-order valence-electron chi connectivity index (χ3n) is 4.25. The lowest BCUT2D eigenvalue weighted by Gasteiger charge is -2.21. The van der Waals surface area contributed by atoms with Crippen LogP contribution >= 0.6 is 0 Å². The van der Waals surface area contributed by atoms with E-state index in [1.54, 1.807) is 11.1 Å². The van der Waals surface area contributed by atoms with Crippen LogP contribution in [0.4, 0.5) is 0 Å². The number of aromatic nitrogens is 2. The normalized spacial score (nSPS) is 18.6. The van der Waals surface area contributed by atoms with E-state index >= 15 is 0 Å². The lowest BCUT2D eigenvalue weighted by molar-refractivity contribution is 0.0674. The average molecular weight is 340 g/mol. The zero-order chi connectivity index (χ0) is 17.8. The Bertz CT molecular complexity index is 789. The minimum absolute atomic E-state index is 0.136. The van der Waals surface area contributed by atoms with Crippen molar-refractivity contribution < 1.29 is 14.7 Å². The summed E-state index contributed by atoms with van der Waals surface area (Å²) in [7, 11) is 1.46. The Morgan fingerprint density at radius 2 is 2.16 bits per heavy atom. The van der Waals surface area contributed by atoms with Gasteiger partial charge in [-0.1, -0.05) is 29.4 Å². The molecule has 0 radical (unpaired) electrons. The number of aliphatic hydroxyl groups is 1. The predicted molar refractivity (Wildman–Crippen MR) is 93.2 cm³/mol. The van der Waals surface area contributed by atoms with Crippen molar-refractivity contribution in [2.45, 2.75) is 19.4 Å². The third kappa shape index (κ3) is 3.51. The molecule has 1 amide bonds. The van der Waals surface area contributed by atoms with Crippen molar-refractivity contribution >= 4 is 11.6 Å². The van der Waals surface area contributed by atoms with Gasteiger partial charge in [0, 0.05) is 12.0 Å². The quantitative estimate of drug-likeness (QED) is 0.855. The van der Waals surface area contributed by atoms with Crippen molar-refractivity contribution in [3.05, 3.63) is 47.9 Å². The highest BCUT2D eigenvalue weighted by Gasteiger charge is 2.34. The van der Waals surface area contributed by atoms with Gasteiger partial charge in [-0.2, -0.15) is 0 Å². The average Bonchev–Trinajstić information content (AvgIpc) is 3.05. The predicted octanol–water partition coefficient (Wildman–Crippen LogP) is 1.66. The van der Waals surface area contributed by atoms with Gasteiger partial charge in [-0.25, -0.2) is 4.98 Å². The van der Waals surface area contributed by atoms with Crippen LogP contribution in [0.25, 0.3) is 11.3 Å². The molecule has 1 aliphatic heterocycles. The monoisotopic (exact) mass is 340 g/mol. The standard InChI is InChI=1S/C18H20N4O3/c1-12-5-3-4-6-15(12)16-8-20-17(9-19-16)18(24)22-10-13(21-25-2)7-14(22)11-23/h3-6,8-9,14,23H,7,10-11H2,1-2H3/b21-13-/t14-/m0/s1. The van der Waals surface area contributed by atoms with Crippen LogP contribution in [0.15, 0.2) is 41.8 Å². The van der Waals surface area contributed by atoms with Gasteiger partial charge in [-0.05, 0) is 12.5 Å². The van der Waals surface area contributed by atoms with Crippen LogP contribution in [0, 0.1) is 6.92 Å². The SMILES string of the molecule is CO/N=C1/C[C@@H](CO)N(C(=O)c2cnc(-c3ccccc3C)cn2)C1. The first-order valence-corrected chi connectivity index (χ1v) is 8.02. The molecule has 1 N–H and O–H groups in total. The molecule has 0 bridgehead atoms. The number of amides is 1. The van der Waals surface area contributed by atoms with Crippen LogP contribution in [-0.4, -0.2) is 57.9 Å². The smallest absolute Gasteiger partial charge is 0.274 e. The number of hydrogen-bond donors (Lipinski definition) is 1. The molecule has 0 unspecified atom stereocenters. The van der Waals surface area contributed by atoms with E-state index in [0.29, 0.717) is 13.0 Å². The summed E-state index contributed by atoms with van der Waals surface area (Å²) in [6.45, 7) is 2.19. The molecule has 7 heteroatoms. The number of benzene rings is 1. The van der Waals surface area contributed by atoms with Crippen molar-refractivity contribution in [1.82, 2.24) is 14.9 Å². The Kier molecular flexibility index (Phi) is 5.04. The molecule has 2 heterocycles. The van der Waals surface area contributed by atoms with Gasteiger partial charge in [0.05, 0.1) is 43.0 Å². The molecular formula is C18H20N4O3. The highest BCUT2D eigenvalue weighted by Crippen LogP contribution is 2.21. The Balaban J connectivity index is 1.81. The fourth-order valence-electron chi connectivity index (χ4n) is 2.95. The summed E-state index contributed by atoms with van der Waals surface area (Å²) in [6.07, 6.45) is 3.57. The zero-order valence-corrected chi connectivity index (χ0v) is 14.2. The summed E-state index contributed by atoms with van der Waals surface area (Å²) < 4.78 is 0. The Morgan fingerprint density at radius 1 is 1.36 bits per heavy atom. The number of hydrogen-bond acceptors (Lipinski definition) is 6. The second kappa shape index (κ2) is 7.40. The minimum Gasteiger partial charge on any atom is -0.399 e. The maximum Gasteiger partial charge on any atom is 0.274 e. The van der Waals surface area contributed by atoms with Gasteiger partial charge in [0.2, 0.25) is 0 Å². The van der Waals surface area contributed by atoms with Gasteiger partial charge in [-0.3, -0.25) is 9.78 Å². The molecule has 2 aromatic rings. The fraction of sp³-hybridized carbons (Fsp3) is 0.333. The molecule has 130 valence electrons. The van der Waals surface area contributed by atoms with E-state index in [2.05, 4.69) is 15.1 Å². The van der Waals surface area contributed by atoms with Crippen molar-refractivity contribution in [3.8, 4) is 11.3 Å². The maximum atomic E-state index is 12.7. The molecule has 0 saturated carbocycles. The summed E-state index contributed by atoms with van der Waals surface area (Å²) in [4.78, 5) is 27.7. The summed E-state index contributed by atoms with van der Waals surface area (Å²) in [5, 5.41) is 13.4. The van der Waals surface area contributed by atoms with E-state index in [1.165, 1.54) is 13.3 Å². The molecule has 1 fully saturated rings. The first-order chi connectivity index (χ1) is 12.1. The van der Waals surface area contributed by atoms with Gasteiger partial charge in [0.25, 0.3) is 5.91 Å². The Hall–Kier alpha value is -2.80. The van der Waals surface area contributed by atoms with Gasteiger partial charge in [0.15, 0.2) is 0 Å². The van der Waals surface area contributed by atoms with Crippen LogP contribution in [0.3, 0.4) is 0 Å². The van der Waals surface area contributed by atoms with Crippen molar-refractivity contribution in [1.29, 1.82) is 0 Å². The van der Waals surface area contributed by atoms with Gasteiger partial charge >= 0.3 is 0 Å². The molecule has 1 saturated heterocycles. The van der Waals surface area contributed by atoms with E-state index in [0.717, 1.165) is 22.5 Å². The summed E-state index contributed by atoms with van der Waals surface area (Å²) in [5.74, 6) is -0.274. The number of likely N-dealkylation sites (tertiary alicyclic amines) is 1. The molecule has 7 nitrogen and oxygen atoms in total. The minimum atomic E-state index is -0.320. The molecule has 1 aromatic carbocycles. The van der Waals surface area contributed by atoms with Crippen LogP contribution in [0.1, 0.15) is 22.5 Å². The fourth-order valence-corrected chi connectivity index (χ4v) is 2.95. The van der Waals surface area contributed by atoms with E-state index in [9.17, 15) is 9.90 Å². The number of oxime groups is 1. The van der Waals surface area contributed by atoms with E-state index in [4.69, 9.17) is 4.84 Å². The highest BCUT2D eigenvalue weighted by molar-refractivity contribution is 5.99. The number of nitrogens with zero attached hydrogens (tertiary/aromatic N) is 4. The molecule has 3 rings (SSSR count). The summed E-state index contributed by atoms with van der Waals surface area (Å²) >= 11 is 0. The molecule has 0 spiro atoms. The second-order valence-corrected chi connectivity index (χ2v) is 5.92. The van der Waals surface area contributed by atoms with Crippen LogP contribution in [0.5, 0.6) is 0 Å². The highest BCUT2D eigenvalue weighted by atomic mass is 16.6. The van der Waals surface area contributed by atoms with Crippen LogP contribution in [0.2, 0.25) is 0 Å². The van der Waals surface area contributed by atoms with Crippen molar-refractivity contribution in [3.63, 3.8) is 0 Å². The number of carbonyl (C=O) groups excluding carboxylic acids is 1. The molecular weight excluding hydrogens is 320 g/mol. The van der Waals surface area contributed by atoms with Crippen molar-refractivity contribution in [2.75, 3.05) is 20.3 Å². The molecule has 1 aliphatic rings. The van der Waals surface area contributed by atoms with Crippen LogP contribution in [-0.2, 0) is 4.84 Å². The van der Waals surface area contributed by atoms with Gasteiger partial charge in [-0.15, -0.1) is 0 Å². The molecule has 1 aromatic heterocycles. The first kappa shape index (κ1) is 17.0. The Labute approximate surface area is 146 Å². The third-order valence-corrected chi connectivity index (χ3v) is 4.25. The summed E-state index contributed by atoms with van der Waals surface area (Å²) in [6, 6.07) is 7.56. The molecule has 25 heavy (non-hydrogen) atoms. The summed E-state index contributed by atoms with van der Waals surface area (Å²) in [5.41, 5.74) is 3.76. The van der Waals surface area contributed by atoms with Crippen molar-refractivity contribution in [2.24, 2.45) is 5.16 Å². The molecule has 0 aliphatic carbocycles. The number of aryl methyl sites for hydroxylation is 1. The lowest BCUT2D eigenvalue weighted by atomic mass is 10.1. The van der Waals surface area contributed by atoms with E-state index in [-0.39, 0.29) is 24.2 Å². The lowest BCUT2D eigenvalue weighted by Crippen LogP contribution is -2.38. The largest absolute Gasteiger partial charge is 0.399 e. The molecule has 1 atom stereocenters. The zero-order valence-electron chi connectivity index (χ0n) is 14.2.